The zero-order chi connectivity index (χ0) is 12.8. The molecule has 0 bridgehead atoms. The van der Waals surface area contributed by atoms with E-state index < -0.39 is 5.91 Å². The number of hydrogen-bond acceptors (Lipinski definition) is 3. The molecule has 17 heavy (non-hydrogen) atoms. The molecule has 1 heterocycles. The van der Waals surface area contributed by atoms with Gasteiger partial charge in [-0.2, -0.15) is 0 Å². The summed E-state index contributed by atoms with van der Waals surface area (Å²) in [7, 11) is 1.58. The maximum absolute atomic E-state index is 11.6. The predicted molar refractivity (Wildman–Crippen MR) is 62.7 cm³/mol. The molecule has 2 N–H and O–H groups in total. The van der Waals surface area contributed by atoms with E-state index >= 15 is 0 Å². The highest BCUT2D eigenvalue weighted by molar-refractivity contribution is 5.93. The molecular formula is C11H15N3O3. The van der Waals surface area contributed by atoms with Crippen LogP contribution in [0.5, 0.6) is 0 Å². The van der Waals surface area contributed by atoms with Crippen molar-refractivity contribution in [3.05, 3.63) is 34.2 Å². The number of rotatable bonds is 4. The molecule has 0 aromatic carbocycles. The molecule has 0 aliphatic heterocycles. The van der Waals surface area contributed by atoms with Crippen molar-refractivity contribution in [1.29, 1.82) is 0 Å². The number of aromatic nitrogens is 1. The number of aryl methyl sites for hydroxylation is 1. The summed E-state index contributed by atoms with van der Waals surface area (Å²) in [5.74, 6) is -0.591. The Morgan fingerprint density at radius 3 is 2.59 bits per heavy atom. The molecule has 0 radical (unpaired) electrons. The van der Waals surface area contributed by atoms with Crippen LogP contribution in [0.1, 0.15) is 17.3 Å². The van der Waals surface area contributed by atoms with Crippen LogP contribution in [0.3, 0.4) is 0 Å². The molecule has 0 spiro atoms. The number of nitrogens with one attached hydrogen (secondary N) is 2. The van der Waals surface area contributed by atoms with Crippen LogP contribution >= 0.6 is 0 Å². The lowest BCUT2D eigenvalue weighted by atomic mass is 10.2. The van der Waals surface area contributed by atoms with Gasteiger partial charge < -0.3 is 15.2 Å². The summed E-state index contributed by atoms with van der Waals surface area (Å²) in [6.45, 7) is 2.03. The van der Waals surface area contributed by atoms with Gasteiger partial charge in [-0.25, -0.2) is 0 Å². The van der Waals surface area contributed by atoms with E-state index in [4.69, 9.17) is 0 Å². The SMILES string of the molecule is CC(=O)NCCNC(=O)c1cccn(C)c1=O. The summed E-state index contributed by atoms with van der Waals surface area (Å²) in [4.78, 5) is 33.8. The standard InChI is InChI=1S/C11H15N3O3/c1-8(15)12-5-6-13-10(16)9-4-3-7-14(2)11(9)17/h3-4,7H,5-6H2,1-2H3,(H,12,15)(H,13,16). The fourth-order valence-corrected chi connectivity index (χ4v) is 1.28. The van der Waals surface area contributed by atoms with Crippen LogP contribution in [0.2, 0.25) is 0 Å². The molecule has 2 amide bonds. The highest BCUT2D eigenvalue weighted by Gasteiger charge is 2.09. The highest BCUT2D eigenvalue weighted by Crippen LogP contribution is 1.90. The lowest BCUT2D eigenvalue weighted by molar-refractivity contribution is -0.118. The van der Waals surface area contributed by atoms with Crippen molar-refractivity contribution >= 4 is 11.8 Å². The molecular weight excluding hydrogens is 222 g/mol. The molecule has 1 aromatic heterocycles. The van der Waals surface area contributed by atoms with Gasteiger partial charge in [0.25, 0.3) is 11.5 Å². The van der Waals surface area contributed by atoms with Gasteiger partial charge in [0.2, 0.25) is 5.91 Å². The minimum absolute atomic E-state index is 0.0952. The Hall–Kier alpha value is -2.11. The third kappa shape index (κ3) is 3.75. The lowest BCUT2D eigenvalue weighted by Crippen LogP contribution is -2.36. The van der Waals surface area contributed by atoms with E-state index in [2.05, 4.69) is 10.6 Å². The topological polar surface area (TPSA) is 80.2 Å². The first-order chi connectivity index (χ1) is 8.02. The Balaban J connectivity index is 2.56. The summed E-state index contributed by atoms with van der Waals surface area (Å²) in [6.07, 6.45) is 1.58. The van der Waals surface area contributed by atoms with Crippen LogP contribution in [-0.4, -0.2) is 29.5 Å². The fourth-order valence-electron chi connectivity index (χ4n) is 1.28. The normalized spacial score (nSPS) is 9.76. The van der Waals surface area contributed by atoms with Crippen LogP contribution in [0.25, 0.3) is 0 Å². The van der Waals surface area contributed by atoms with Crippen molar-refractivity contribution < 1.29 is 9.59 Å². The Morgan fingerprint density at radius 1 is 1.29 bits per heavy atom. The Kier molecular flexibility index (Phi) is 4.45. The van der Waals surface area contributed by atoms with Gasteiger partial charge in [-0.1, -0.05) is 0 Å². The first-order valence-corrected chi connectivity index (χ1v) is 5.20. The summed E-state index contributed by atoms with van der Waals surface area (Å²) < 4.78 is 1.34. The third-order valence-electron chi connectivity index (χ3n) is 2.15. The number of carbonyl (C=O) groups is 2. The van der Waals surface area contributed by atoms with Gasteiger partial charge in [0.15, 0.2) is 0 Å². The van der Waals surface area contributed by atoms with E-state index in [0.717, 1.165) is 0 Å². The summed E-state index contributed by atoms with van der Waals surface area (Å²) >= 11 is 0. The highest BCUT2D eigenvalue weighted by atomic mass is 16.2. The Morgan fingerprint density at radius 2 is 1.94 bits per heavy atom. The van der Waals surface area contributed by atoms with Crippen molar-refractivity contribution in [2.24, 2.45) is 7.05 Å². The lowest BCUT2D eigenvalue weighted by Gasteiger charge is -2.06. The first-order valence-electron chi connectivity index (χ1n) is 5.20. The van der Waals surface area contributed by atoms with Crippen LogP contribution in [0.15, 0.2) is 23.1 Å². The van der Waals surface area contributed by atoms with E-state index in [-0.39, 0.29) is 23.6 Å². The molecule has 0 saturated heterocycles. The predicted octanol–water partition coefficient (Wildman–Crippen LogP) is -0.749. The minimum atomic E-state index is -0.434. The van der Waals surface area contributed by atoms with E-state index in [1.165, 1.54) is 17.6 Å². The third-order valence-corrected chi connectivity index (χ3v) is 2.15. The van der Waals surface area contributed by atoms with Gasteiger partial charge in [0, 0.05) is 33.3 Å². The molecule has 0 unspecified atom stereocenters. The number of pyridine rings is 1. The second-order valence-electron chi connectivity index (χ2n) is 3.58. The Bertz CT molecular complexity index is 479. The van der Waals surface area contributed by atoms with Crippen LogP contribution in [-0.2, 0) is 11.8 Å². The number of carbonyl (C=O) groups excluding carboxylic acids is 2. The number of amides is 2. The van der Waals surface area contributed by atoms with Crippen LogP contribution < -0.4 is 16.2 Å². The second-order valence-corrected chi connectivity index (χ2v) is 3.58. The van der Waals surface area contributed by atoms with E-state index in [9.17, 15) is 14.4 Å². The van der Waals surface area contributed by atoms with Gasteiger partial charge >= 0.3 is 0 Å². The van der Waals surface area contributed by atoms with Crippen molar-refractivity contribution in [1.82, 2.24) is 15.2 Å². The molecule has 6 nitrogen and oxygen atoms in total. The van der Waals surface area contributed by atoms with E-state index in [1.807, 2.05) is 0 Å². The summed E-state index contributed by atoms with van der Waals surface area (Å²) in [5, 5.41) is 5.10. The van der Waals surface area contributed by atoms with Gasteiger partial charge in [0.05, 0.1) is 0 Å². The van der Waals surface area contributed by atoms with Gasteiger partial charge in [-0.3, -0.25) is 14.4 Å². The minimum Gasteiger partial charge on any atom is -0.355 e. The average Bonchev–Trinajstić information content (AvgIpc) is 2.27. The molecule has 0 fully saturated rings. The molecule has 0 atom stereocenters. The molecule has 0 aliphatic carbocycles. The van der Waals surface area contributed by atoms with Gasteiger partial charge in [0.1, 0.15) is 5.56 Å². The largest absolute Gasteiger partial charge is 0.355 e. The quantitative estimate of drug-likeness (QED) is 0.676. The van der Waals surface area contributed by atoms with E-state index in [1.54, 1.807) is 19.3 Å². The Labute approximate surface area is 98.6 Å². The molecule has 92 valence electrons. The molecule has 1 aromatic rings. The average molecular weight is 237 g/mol. The first kappa shape index (κ1) is 13.0. The van der Waals surface area contributed by atoms with Crippen molar-refractivity contribution in [2.75, 3.05) is 13.1 Å². The maximum Gasteiger partial charge on any atom is 0.263 e. The van der Waals surface area contributed by atoms with Crippen LogP contribution in [0.4, 0.5) is 0 Å². The molecule has 0 saturated carbocycles. The van der Waals surface area contributed by atoms with E-state index in [0.29, 0.717) is 6.54 Å². The summed E-state index contributed by atoms with van der Waals surface area (Å²) in [5.41, 5.74) is -0.248. The number of nitrogens with zero attached hydrogens (tertiary/aromatic N) is 1. The molecule has 1 rings (SSSR count). The van der Waals surface area contributed by atoms with Gasteiger partial charge in [-0.05, 0) is 12.1 Å². The number of hydrogen-bond donors (Lipinski definition) is 2. The fraction of sp³-hybridized carbons (Fsp3) is 0.364. The maximum atomic E-state index is 11.6. The summed E-state index contributed by atoms with van der Waals surface area (Å²) in [6, 6.07) is 3.10. The zero-order valence-electron chi connectivity index (χ0n) is 9.82. The second kappa shape index (κ2) is 5.83. The van der Waals surface area contributed by atoms with Crippen molar-refractivity contribution in [3.63, 3.8) is 0 Å². The molecule has 6 heteroatoms. The molecule has 0 aliphatic rings. The zero-order valence-corrected chi connectivity index (χ0v) is 9.82. The van der Waals surface area contributed by atoms with Crippen molar-refractivity contribution in [2.45, 2.75) is 6.92 Å². The monoisotopic (exact) mass is 237 g/mol. The van der Waals surface area contributed by atoms with Gasteiger partial charge in [-0.15, -0.1) is 0 Å². The van der Waals surface area contributed by atoms with Crippen molar-refractivity contribution in [3.8, 4) is 0 Å². The smallest absolute Gasteiger partial charge is 0.263 e. The van der Waals surface area contributed by atoms with Crippen LogP contribution in [0, 0.1) is 0 Å².